The van der Waals surface area contributed by atoms with Crippen molar-refractivity contribution in [2.24, 2.45) is 11.8 Å². The van der Waals surface area contributed by atoms with Gasteiger partial charge in [0.05, 0.1) is 0 Å². The maximum Gasteiger partial charge on any atom is 0.274 e. The third-order valence-corrected chi connectivity index (χ3v) is 4.63. The normalized spacial score (nSPS) is 25.8. The van der Waals surface area contributed by atoms with Crippen molar-refractivity contribution in [1.29, 1.82) is 0 Å². The van der Waals surface area contributed by atoms with Crippen molar-refractivity contribution in [3.63, 3.8) is 0 Å². The quantitative estimate of drug-likeness (QED) is 0.828. The number of nitrogens with zero attached hydrogens (tertiary/aromatic N) is 2. The van der Waals surface area contributed by atoms with Gasteiger partial charge in [-0.25, -0.2) is 0 Å². The molecule has 2 aliphatic heterocycles. The summed E-state index contributed by atoms with van der Waals surface area (Å²) in [5, 5.41) is 10.6. The minimum Gasteiger partial charge on any atom is -0.337 e. The van der Waals surface area contributed by atoms with E-state index in [2.05, 4.69) is 29.4 Å². The molecule has 0 aliphatic carbocycles. The summed E-state index contributed by atoms with van der Waals surface area (Å²) in [5.41, 5.74) is 2.83. The minimum atomic E-state index is 0. The van der Waals surface area contributed by atoms with Gasteiger partial charge in [0.2, 0.25) is 0 Å². The van der Waals surface area contributed by atoms with Crippen LogP contribution in [0.15, 0.2) is 0 Å². The number of H-pyrrole nitrogens is 1. The fourth-order valence-electron chi connectivity index (χ4n) is 3.00. The monoisotopic (exact) mass is 298 g/mol. The molecule has 3 rings (SSSR count). The third kappa shape index (κ3) is 2.69. The number of likely N-dealkylation sites (tertiary alicyclic amines) is 1. The highest BCUT2D eigenvalue weighted by molar-refractivity contribution is 5.94. The van der Waals surface area contributed by atoms with E-state index in [1.165, 1.54) is 0 Å². The van der Waals surface area contributed by atoms with Gasteiger partial charge in [-0.15, -0.1) is 12.4 Å². The minimum absolute atomic E-state index is 0. The van der Waals surface area contributed by atoms with Crippen LogP contribution in [0.3, 0.4) is 0 Å². The number of fused-ring (bicyclic) bond motifs is 1. The Morgan fingerprint density at radius 3 is 2.90 bits per heavy atom. The van der Waals surface area contributed by atoms with Crippen LogP contribution in [0.25, 0.3) is 0 Å². The van der Waals surface area contributed by atoms with Crippen molar-refractivity contribution in [2.75, 3.05) is 19.6 Å². The molecular formula is C14H23ClN4O. The molecule has 1 saturated heterocycles. The van der Waals surface area contributed by atoms with Crippen molar-refractivity contribution in [3.8, 4) is 0 Å². The largest absolute Gasteiger partial charge is 0.337 e. The Bertz CT molecular complexity index is 488. The molecule has 1 aromatic rings. The van der Waals surface area contributed by atoms with E-state index in [4.69, 9.17) is 0 Å². The number of rotatable bonds is 1. The molecule has 0 radical (unpaired) electrons. The predicted octanol–water partition coefficient (Wildman–Crippen LogP) is 1.60. The van der Waals surface area contributed by atoms with Crippen LogP contribution >= 0.6 is 12.4 Å². The second-order valence-electron chi connectivity index (χ2n) is 5.95. The van der Waals surface area contributed by atoms with E-state index in [-0.39, 0.29) is 18.3 Å². The van der Waals surface area contributed by atoms with E-state index in [9.17, 15) is 4.79 Å². The Balaban J connectivity index is 0.00000147. The topological polar surface area (TPSA) is 61.0 Å². The lowest BCUT2D eigenvalue weighted by molar-refractivity contribution is 0.0620. The lowest BCUT2D eigenvalue weighted by atomic mass is 9.88. The van der Waals surface area contributed by atoms with Crippen LogP contribution < -0.4 is 5.32 Å². The van der Waals surface area contributed by atoms with Crippen LogP contribution in [0.1, 0.15) is 42.0 Å². The zero-order chi connectivity index (χ0) is 13.4. The number of nitrogens with one attached hydrogen (secondary N) is 2. The van der Waals surface area contributed by atoms with Gasteiger partial charge in [0.25, 0.3) is 5.91 Å². The van der Waals surface area contributed by atoms with Crippen LogP contribution in [0, 0.1) is 11.8 Å². The van der Waals surface area contributed by atoms with Crippen LogP contribution in [0.5, 0.6) is 0 Å². The number of aromatic amines is 1. The maximum absolute atomic E-state index is 12.6. The molecule has 0 aromatic carbocycles. The highest BCUT2D eigenvalue weighted by Gasteiger charge is 2.30. The molecule has 2 atom stereocenters. The van der Waals surface area contributed by atoms with E-state index in [1.54, 1.807) is 0 Å². The standard InChI is InChI=1S/C14H22N4O.ClH/c1-9-4-6-18(8-10(9)2)14(19)13-11-7-15-5-3-12(11)16-17-13;/h9-10,15H,3-8H2,1-2H3,(H,16,17);1H. The van der Waals surface area contributed by atoms with E-state index in [1.807, 2.05) is 4.90 Å². The van der Waals surface area contributed by atoms with Crippen molar-refractivity contribution in [3.05, 3.63) is 17.0 Å². The molecule has 6 heteroatoms. The number of amides is 1. The average Bonchev–Trinajstić information content (AvgIpc) is 2.85. The molecule has 0 spiro atoms. The molecular weight excluding hydrogens is 276 g/mol. The van der Waals surface area contributed by atoms with E-state index in [0.29, 0.717) is 17.5 Å². The fourth-order valence-corrected chi connectivity index (χ4v) is 3.00. The molecule has 20 heavy (non-hydrogen) atoms. The first-order chi connectivity index (χ1) is 9.16. The molecule has 0 saturated carbocycles. The van der Waals surface area contributed by atoms with Crippen molar-refractivity contribution in [2.45, 2.75) is 33.2 Å². The number of hydrogen-bond acceptors (Lipinski definition) is 3. The van der Waals surface area contributed by atoms with E-state index >= 15 is 0 Å². The Hall–Kier alpha value is -1.07. The first-order valence-corrected chi connectivity index (χ1v) is 7.23. The molecule has 1 amide bonds. The first-order valence-electron chi connectivity index (χ1n) is 7.23. The maximum atomic E-state index is 12.6. The first kappa shape index (κ1) is 15.3. The molecule has 0 bridgehead atoms. The molecule has 3 heterocycles. The van der Waals surface area contributed by atoms with Gasteiger partial charge in [0.15, 0.2) is 5.69 Å². The summed E-state index contributed by atoms with van der Waals surface area (Å²) in [5.74, 6) is 1.38. The predicted molar refractivity (Wildman–Crippen MR) is 80.1 cm³/mol. The van der Waals surface area contributed by atoms with Crippen LogP contribution in [0.2, 0.25) is 0 Å². The average molecular weight is 299 g/mol. The third-order valence-electron chi connectivity index (χ3n) is 4.63. The molecule has 2 N–H and O–H groups in total. The van der Waals surface area contributed by atoms with Gasteiger partial charge in [-0.3, -0.25) is 9.89 Å². The van der Waals surface area contributed by atoms with Crippen molar-refractivity contribution < 1.29 is 4.79 Å². The Kier molecular flexibility index (Phi) is 4.70. The fraction of sp³-hybridized carbons (Fsp3) is 0.714. The van der Waals surface area contributed by atoms with Gasteiger partial charge in [0.1, 0.15) is 0 Å². The molecule has 112 valence electrons. The highest BCUT2D eigenvalue weighted by atomic mass is 35.5. The lowest BCUT2D eigenvalue weighted by Crippen LogP contribution is -2.42. The number of carbonyl (C=O) groups is 1. The summed E-state index contributed by atoms with van der Waals surface area (Å²) in [4.78, 5) is 14.6. The van der Waals surface area contributed by atoms with Gasteiger partial charge >= 0.3 is 0 Å². The second-order valence-corrected chi connectivity index (χ2v) is 5.95. The highest BCUT2D eigenvalue weighted by Crippen LogP contribution is 2.25. The molecule has 2 aliphatic rings. The molecule has 1 aromatic heterocycles. The van der Waals surface area contributed by atoms with Crippen molar-refractivity contribution in [1.82, 2.24) is 20.4 Å². The Morgan fingerprint density at radius 2 is 2.15 bits per heavy atom. The zero-order valence-corrected chi connectivity index (χ0v) is 12.9. The Labute approximate surface area is 125 Å². The number of hydrogen-bond donors (Lipinski definition) is 2. The summed E-state index contributed by atoms with van der Waals surface area (Å²) < 4.78 is 0. The second kappa shape index (κ2) is 6.14. The molecule has 2 unspecified atom stereocenters. The van der Waals surface area contributed by atoms with Crippen LogP contribution in [0.4, 0.5) is 0 Å². The smallest absolute Gasteiger partial charge is 0.274 e. The summed E-state index contributed by atoms with van der Waals surface area (Å²) in [6.07, 6.45) is 2.03. The number of halogens is 1. The van der Waals surface area contributed by atoms with E-state index in [0.717, 1.165) is 50.3 Å². The van der Waals surface area contributed by atoms with Gasteiger partial charge < -0.3 is 10.2 Å². The Morgan fingerprint density at radius 1 is 1.35 bits per heavy atom. The number of carbonyl (C=O) groups excluding carboxylic acids is 1. The van der Waals surface area contributed by atoms with Gasteiger partial charge in [-0.2, -0.15) is 5.10 Å². The van der Waals surface area contributed by atoms with E-state index < -0.39 is 0 Å². The van der Waals surface area contributed by atoms with Crippen molar-refractivity contribution >= 4 is 18.3 Å². The van der Waals surface area contributed by atoms with Gasteiger partial charge in [-0.05, 0) is 18.3 Å². The summed E-state index contributed by atoms with van der Waals surface area (Å²) in [6, 6.07) is 0. The summed E-state index contributed by atoms with van der Waals surface area (Å²) in [6.45, 7) is 7.93. The number of aromatic nitrogens is 2. The number of piperidine rings is 1. The van der Waals surface area contributed by atoms with Crippen LogP contribution in [-0.4, -0.2) is 40.6 Å². The zero-order valence-electron chi connectivity index (χ0n) is 12.1. The lowest BCUT2D eigenvalue weighted by Gasteiger charge is -2.35. The summed E-state index contributed by atoms with van der Waals surface area (Å²) in [7, 11) is 0. The molecule has 5 nitrogen and oxygen atoms in total. The van der Waals surface area contributed by atoms with Crippen LogP contribution in [-0.2, 0) is 13.0 Å². The molecule has 1 fully saturated rings. The van der Waals surface area contributed by atoms with Gasteiger partial charge in [0, 0.05) is 43.9 Å². The summed E-state index contributed by atoms with van der Waals surface area (Å²) >= 11 is 0. The van der Waals surface area contributed by atoms with Gasteiger partial charge in [-0.1, -0.05) is 13.8 Å². The SMILES string of the molecule is CC1CCN(C(=O)c2n[nH]c3c2CNCC3)CC1C.Cl.